The molecule has 0 saturated carbocycles. The topological polar surface area (TPSA) is 162 Å². The monoisotopic (exact) mass is 459 g/mol. The number of carbonyl (C=O) groups excluding carboxylic acids is 3. The number of nitriles is 1. The summed E-state index contributed by atoms with van der Waals surface area (Å²) in [6.45, 7) is 0.707. The third-order valence-corrected chi connectivity index (χ3v) is 4.74. The van der Waals surface area contributed by atoms with Gasteiger partial charge < -0.3 is 20.7 Å². The lowest BCUT2D eigenvalue weighted by atomic mass is 10.1. The molecule has 2 heterocycles. The molecule has 4 amide bonds. The van der Waals surface area contributed by atoms with Crippen LogP contribution in [0.15, 0.2) is 47.5 Å². The van der Waals surface area contributed by atoms with Gasteiger partial charge in [-0.2, -0.15) is 5.26 Å². The van der Waals surface area contributed by atoms with Crippen LogP contribution in [0.4, 0.5) is 10.5 Å². The van der Waals surface area contributed by atoms with Gasteiger partial charge >= 0.3 is 6.03 Å². The van der Waals surface area contributed by atoms with Crippen LogP contribution in [0, 0.1) is 23.3 Å². The first-order chi connectivity index (χ1) is 16.3. The first-order valence-electron chi connectivity index (χ1n) is 9.95. The average Bonchev–Trinajstić information content (AvgIpc) is 3.30. The van der Waals surface area contributed by atoms with Crippen LogP contribution in [0.3, 0.4) is 0 Å². The molecule has 34 heavy (non-hydrogen) atoms. The molecule has 0 spiro atoms. The van der Waals surface area contributed by atoms with Gasteiger partial charge in [-0.1, -0.05) is 17.9 Å². The molecule has 2 aliphatic rings. The first kappa shape index (κ1) is 23.6. The summed E-state index contributed by atoms with van der Waals surface area (Å²) in [5.41, 5.74) is 8.47. The SMILES string of the molecule is COc1ccc2c(c1)C(=O)N(C)C2.N#CNC(N)=Nc1ccc(C#CC2NC(=O)NC2=O)cc1. The molecule has 2 aromatic carbocycles. The number of hydrogen-bond acceptors (Lipinski definition) is 6. The van der Waals surface area contributed by atoms with Gasteiger partial charge in [0.05, 0.1) is 12.8 Å². The quantitative estimate of drug-likeness (QED) is 0.127. The molecule has 1 saturated heterocycles. The molecule has 172 valence electrons. The van der Waals surface area contributed by atoms with E-state index in [0.717, 1.165) is 16.9 Å². The van der Waals surface area contributed by atoms with Crippen LogP contribution < -0.4 is 26.4 Å². The number of guanidine groups is 1. The fraction of sp³-hybridized carbons (Fsp3) is 0.174. The summed E-state index contributed by atoms with van der Waals surface area (Å²) in [6, 6.07) is 10.9. The summed E-state index contributed by atoms with van der Waals surface area (Å²) in [6.07, 6.45) is 1.66. The van der Waals surface area contributed by atoms with Crippen LogP contribution in [-0.2, 0) is 11.3 Å². The fourth-order valence-electron chi connectivity index (χ4n) is 3.07. The molecule has 0 aromatic heterocycles. The second-order valence-corrected chi connectivity index (χ2v) is 7.13. The number of aliphatic imine (C=N–C) groups is 1. The lowest BCUT2D eigenvalue weighted by Gasteiger charge is -2.04. The average molecular weight is 459 g/mol. The lowest BCUT2D eigenvalue weighted by molar-refractivity contribution is -0.119. The number of amides is 4. The third kappa shape index (κ3) is 5.81. The van der Waals surface area contributed by atoms with E-state index in [1.165, 1.54) is 0 Å². The van der Waals surface area contributed by atoms with Crippen LogP contribution in [-0.4, -0.2) is 48.9 Å². The molecule has 4 rings (SSSR count). The molecule has 5 N–H and O–H groups in total. The van der Waals surface area contributed by atoms with Crippen LogP contribution in [0.5, 0.6) is 5.75 Å². The Bertz CT molecular complexity index is 1250. The highest BCUT2D eigenvalue weighted by Crippen LogP contribution is 2.25. The number of imide groups is 1. The Hall–Kier alpha value is -5.03. The van der Waals surface area contributed by atoms with Crippen molar-refractivity contribution in [1.29, 1.82) is 5.26 Å². The minimum atomic E-state index is -0.842. The Balaban J connectivity index is 0.000000212. The molecule has 0 bridgehead atoms. The van der Waals surface area contributed by atoms with E-state index >= 15 is 0 Å². The van der Waals surface area contributed by atoms with Crippen LogP contribution >= 0.6 is 0 Å². The minimum absolute atomic E-state index is 0.0123. The van der Waals surface area contributed by atoms with E-state index in [9.17, 15) is 14.4 Å². The highest BCUT2D eigenvalue weighted by Gasteiger charge is 2.27. The number of methoxy groups -OCH3 is 1. The number of ether oxygens (including phenoxy) is 1. The zero-order valence-electron chi connectivity index (χ0n) is 18.4. The molecule has 1 atom stereocenters. The maximum absolute atomic E-state index is 11.5. The van der Waals surface area contributed by atoms with Crippen molar-refractivity contribution in [3.63, 3.8) is 0 Å². The van der Waals surface area contributed by atoms with E-state index in [1.54, 1.807) is 55.6 Å². The van der Waals surface area contributed by atoms with Crippen LogP contribution in [0.1, 0.15) is 21.5 Å². The zero-order chi connectivity index (χ0) is 24.7. The molecule has 2 aromatic rings. The Kier molecular flexibility index (Phi) is 7.31. The van der Waals surface area contributed by atoms with Gasteiger partial charge in [0, 0.05) is 24.7 Å². The molecular formula is C23H21N7O4. The normalized spacial score (nSPS) is 16.1. The Morgan fingerprint density at radius 2 is 1.97 bits per heavy atom. The van der Waals surface area contributed by atoms with Crippen LogP contribution in [0.2, 0.25) is 0 Å². The number of nitrogens with zero attached hydrogens (tertiary/aromatic N) is 3. The van der Waals surface area contributed by atoms with Crippen molar-refractivity contribution >= 4 is 29.5 Å². The molecule has 2 aliphatic heterocycles. The van der Waals surface area contributed by atoms with Crippen molar-refractivity contribution in [2.75, 3.05) is 14.2 Å². The summed E-state index contributed by atoms with van der Waals surface area (Å²) in [5, 5.41) is 15.0. The van der Waals surface area contributed by atoms with Crippen LogP contribution in [0.25, 0.3) is 0 Å². The third-order valence-electron chi connectivity index (χ3n) is 4.74. The van der Waals surface area contributed by atoms with Gasteiger partial charge in [-0.3, -0.25) is 20.2 Å². The van der Waals surface area contributed by atoms with Gasteiger partial charge in [0.2, 0.25) is 5.96 Å². The van der Waals surface area contributed by atoms with Crippen molar-refractivity contribution in [3.05, 3.63) is 59.2 Å². The zero-order valence-corrected chi connectivity index (χ0v) is 18.4. The van der Waals surface area contributed by atoms with Crippen molar-refractivity contribution < 1.29 is 19.1 Å². The summed E-state index contributed by atoms with van der Waals surface area (Å²) in [5.74, 6) is 5.75. The highest BCUT2D eigenvalue weighted by molar-refractivity contribution is 6.05. The summed E-state index contributed by atoms with van der Waals surface area (Å²) >= 11 is 0. The number of nitrogens with two attached hydrogens (primary N) is 1. The van der Waals surface area contributed by atoms with Gasteiger partial charge in [-0.05, 0) is 42.0 Å². The predicted molar refractivity (Wildman–Crippen MR) is 123 cm³/mol. The molecule has 1 fully saturated rings. The van der Waals surface area contributed by atoms with Crippen molar-refractivity contribution in [1.82, 2.24) is 20.9 Å². The van der Waals surface area contributed by atoms with E-state index in [4.69, 9.17) is 15.7 Å². The highest BCUT2D eigenvalue weighted by atomic mass is 16.5. The van der Waals surface area contributed by atoms with Gasteiger partial charge in [0.1, 0.15) is 5.75 Å². The maximum Gasteiger partial charge on any atom is 0.322 e. The second-order valence-electron chi connectivity index (χ2n) is 7.13. The van der Waals surface area contributed by atoms with E-state index in [-0.39, 0.29) is 11.9 Å². The lowest BCUT2D eigenvalue weighted by Crippen LogP contribution is -2.26. The van der Waals surface area contributed by atoms with E-state index in [0.29, 0.717) is 17.8 Å². The molecule has 11 heteroatoms. The number of rotatable bonds is 2. The number of fused-ring (bicyclic) bond motifs is 1. The summed E-state index contributed by atoms with van der Waals surface area (Å²) in [4.78, 5) is 39.4. The Morgan fingerprint density at radius 1 is 1.24 bits per heavy atom. The van der Waals surface area contributed by atoms with Gasteiger partial charge in [-0.25, -0.2) is 9.79 Å². The molecule has 11 nitrogen and oxygen atoms in total. The molecule has 1 unspecified atom stereocenters. The number of hydrogen-bond donors (Lipinski definition) is 4. The maximum atomic E-state index is 11.5. The minimum Gasteiger partial charge on any atom is -0.497 e. The molecule has 0 radical (unpaired) electrons. The van der Waals surface area contributed by atoms with Crippen molar-refractivity contribution in [3.8, 4) is 23.8 Å². The number of nitrogens with one attached hydrogen (secondary N) is 3. The van der Waals surface area contributed by atoms with Crippen molar-refractivity contribution in [2.24, 2.45) is 10.7 Å². The summed E-state index contributed by atoms with van der Waals surface area (Å²) in [7, 11) is 3.40. The Labute approximate surface area is 195 Å². The number of urea groups is 1. The van der Waals surface area contributed by atoms with Gasteiger partial charge in [0.15, 0.2) is 12.2 Å². The van der Waals surface area contributed by atoms with E-state index < -0.39 is 18.0 Å². The molecule has 0 aliphatic carbocycles. The number of benzene rings is 2. The predicted octanol–water partition coefficient (Wildman–Crippen LogP) is 0.544. The Morgan fingerprint density at radius 3 is 2.59 bits per heavy atom. The largest absolute Gasteiger partial charge is 0.497 e. The summed E-state index contributed by atoms with van der Waals surface area (Å²) < 4.78 is 5.05. The molecular weight excluding hydrogens is 438 g/mol. The second kappa shape index (κ2) is 10.5. The van der Waals surface area contributed by atoms with Crippen molar-refractivity contribution in [2.45, 2.75) is 12.6 Å². The number of carbonyl (C=O) groups is 3. The van der Waals surface area contributed by atoms with E-state index in [2.05, 4.69) is 32.8 Å². The van der Waals surface area contributed by atoms with Gasteiger partial charge in [-0.15, -0.1) is 0 Å². The van der Waals surface area contributed by atoms with Gasteiger partial charge in [0.25, 0.3) is 11.8 Å². The smallest absolute Gasteiger partial charge is 0.322 e. The first-order valence-corrected chi connectivity index (χ1v) is 9.95. The fourth-order valence-corrected chi connectivity index (χ4v) is 3.07. The van der Waals surface area contributed by atoms with E-state index in [1.807, 2.05) is 12.1 Å². The standard InChI is InChI=1S/C13H10N6O2.C10H11NO2/c14-7-16-12(15)17-9-4-1-8(2-5-9)3-6-10-11(20)19-13(21)18-10;1-11-6-7-3-4-8(13-2)5-9(7)10(11)12/h1-2,4-5,10H,(H3,15,16,17)(H2,18,19,20,21);3-5H,6H2,1-2H3.